The van der Waals surface area contributed by atoms with Crippen molar-refractivity contribution in [1.29, 1.82) is 0 Å². The fraction of sp³-hybridized carbons (Fsp3) is 0.185. The van der Waals surface area contributed by atoms with Crippen molar-refractivity contribution in [3.8, 4) is 16.9 Å². The summed E-state index contributed by atoms with van der Waals surface area (Å²) >= 11 is 0. The van der Waals surface area contributed by atoms with Gasteiger partial charge in [-0.1, -0.05) is 48.5 Å². The monoisotopic (exact) mass is 495 g/mol. The average molecular weight is 496 g/mol. The van der Waals surface area contributed by atoms with Crippen LogP contribution < -0.4 is 21.7 Å². The van der Waals surface area contributed by atoms with Gasteiger partial charge in [-0.05, 0) is 30.7 Å². The highest BCUT2D eigenvalue weighted by Crippen LogP contribution is 2.29. The van der Waals surface area contributed by atoms with Crippen LogP contribution in [0.5, 0.6) is 5.75 Å². The first-order chi connectivity index (χ1) is 17.2. The molecule has 0 aliphatic heterocycles. The van der Waals surface area contributed by atoms with E-state index in [4.69, 9.17) is 10.5 Å². The van der Waals surface area contributed by atoms with Crippen LogP contribution in [0.15, 0.2) is 76.3 Å². The fourth-order valence-corrected chi connectivity index (χ4v) is 4.16. The molecule has 0 radical (unpaired) electrons. The van der Waals surface area contributed by atoms with Crippen molar-refractivity contribution in [2.45, 2.75) is 26.1 Å². The lowest BCUT2D eigenvalue weighted by Crippen LogP contribution is -2.44. The summed E-state index contributed by atoms with van der Waals surface area (Å²) in [5.41, 5.74) is 4.81. The molecule has 0 saturated heterocycles. The highest BCUT2D eigenvalue weighted by Gasteiger charge is 2.24. The molecule has 0 fully saturated rings. The second-order valence-corrected chi connectivity index (χ2v) is 8.28. The molecule has 4 aromatic rings. The first-order valence-corrected chi connectivity index (χ1v) is 11.1. The molecule has 1 atom stereocenters. The van der Waals surface area contributed by atoms with Gasteiger partial charge in [0.15, 0.2) is 11.6 Å². The van der Waals surface area contributed by atoms with Crippen molar-refractivity contribution in [2.75, 3.05) is 7.11 Å². The van der Waals surface area contributed by atoms with Gasteiger partial charge in [-0.25, -0.2) is 18.0 Å². The number of hydrogen-bond acceptors (Lipinski definition) is 4. The summed E-state index contributed by atoms with van der Waals surface area (Å²) in [7, 11) is 1.29. The molecular formula is C27H24F3N3O3. The minimum atomic E-state index is -0.853. The summed E-state index contributed by atoms with van der Waals surface area (Å²) in [5.74, 6) is -2.61. The number of hydrogen-bond donors (Lipinski definition) is 1. The van der Waals surface area contributed by atoms with E-state index < -0.39 is 41.3 Å². The number of benzene rings is 3. The number of nitrogens with two attached hydrogens (primary N) is 1. The maximum absolute atomic E-state index is 15.3. The molecule has 0 amide bonds. The second kappa shape index (κ2) is 10.2. The van der Waals surface area contributed by atoms with E-state index in [1.165, 1.54) is 38.3 Å². The summed E-state index contributed by atoms with van der Waals surface area (Å²) in [6.07, 6.45) is 0. The lowest BCUT2D eigenvalue weighted by molar-refractivity contribution is 0.387. The van der Waals surface area contributed by atoms with Gasteiger partial charge < -0.3 is 10.5 Å². The van der Waals surface area contributed by atoms with Gasteiger partial charge in [-0.2, -0.15) is 0 Å². The maximum Gasteiger partial charge on any atom is 0.331 e. The van der Waals surface area contributed by atoms with Crippen LogP contribution in [0.4, 0.5) is 13.2 Å². The van der Waals surface area contributed by atoms with Crippen molar-refractivity contribution in [3.05, 3.63) is 122 Å². The number of aromatic nitrogens is 2. The molecule has 36 heavy (non-hydrogen) atoms. The summed E-state index contributed by atoms with van der Waals surface area (Å²) in [6.45, 7) is 0.681. The molecule has 1 aromatic heterocycles. The number of rotatable bonds is 7. The molecular weight excluding hydrogens is 471 g/mol. The number of nitrogens with zero attached hydrogens (tertiary/aromatic N) is 2. The fourth-order valence-electron chi connectivity index (χ4n) is 4.16. The predicted molar refractivity (Wildman–Crippen MR) is 130 cm³/mol. The largest absolute Gasteiger partial charge is 0.494 e. The van der Waals surface area contributed by atoms with Gasteiger partial charge in [-0.3, -0.25) is 13.9 Å². The van der Waals surface area contributed by atoms with Gasteiger partial charge in [0.05, 0.1) is 25.8 Å². The Morgan fingerprint density at radius 1 is 0.889 bits per heavy atom. The van der Waals surface area contributed by atoms with Crippen molar-refractivity contribution in [1.82, 2.24) is 9.13 Å². The first-order valence-electron chi connectivity index (χ1n) is 11.1. The zero-order valence-electron chi connectivity index (χ0n) is 19.7. The molecule has 3 aromatic carbocycles. The van der Waals surface area contributed by atoms with E-state index in [1.54, 1.807) is 30.3 Å². The van der Waals surface area contributed by atoms with Crippen molar-refractivity contribution < 1.29 is 17.9 Å². The normalized spacial score (nSPS) is 11.9. The third-order valence-electron chi connectivity index (χ3n) is 6.12. The Kier molecular flexibility index (Phi) is 7.12. The molecule has 6 nitrogen and oxygen atoms in total. The predicted octanol–water partition coefficient (Wildman–Crippen LogP) is 4.16. The van der Waals surface area contributed by atoms with E-state index in [1.807, 2.05) is 0 Å². The number of ether oxygens (including phenoxy) is 1. The van der Waals surface area contributed by atoms with Crippen molar-refractivity contribution in [2.24, 2.45) is 5.73 Å². The van der Waals surface area contributed by atoms with E-state index >= 15 is 4.39 Å². The van der Waals surface area contributed by atoms with E-state index in [2.05, 4.69) is 0 Å². The Balaban J connectivity index is 1.98. The Labute approximate surface area is 205 Å². The van der Waals surface area contributed by atoms with Crippen molar-refractivity contribution >= 4 is 0 Å². The quantitative estimate of drug-likeness (QED) is 0.418. The maximum atomic E-state index is 15.3. The molecule has 2 N–H and O–H groups in total. The third-order valence-corrected chi connectivity index (χ3v) is 6.12. The molecule has 0 saturated carbocycles. The molecule has 186 valence electrons. The van der Waals surface area contributed by atoms with E-state index in [9.17, 15) is 18.4 Å². The summed E-state index contributed by atoms with van der Waals surface area (Å²) in [4.78, 5) is 27.1. The Bertz CT molecular complexity index is 1510. The SMILES string of the molecule is COc1cccc(-c2c(C)n(Cc3c(F)cccc3F)c(=O)n(CC(N)c3ccccc3)c2=O)c1F. The van der Waals surface area contributed by atoms with E-state index in [0.717, 1.165) is 21.3 Å². The third kappa shape index (κ3) is 4.57. The molecule has 9 heteroatoms. The smallest absolute Gasteiger partial charge is 0.331 e. The van der Waals surface area contributed by atoms with Gasteiger partial charge in [0.25, 0.3) is 5.56 Å². The molecule has 1 unspecified atom stereocenters. The van der Waals surface area contributed by atoms with Crippen LogP contribution in [0.3, 0.4) is 0 Å². The summed E-state index contributed by atoms with van der Waals surface area (Å²) in [6, 6.07) is 15.7. The highest BCUT2D eigenvalue weighted by molar-refractivity contribution is 5.67. The van der Waals surface area contributed by atoms with Gasteiger partial charge in [0, 0.05) is 22.9 Å². The first kappa shape index (κ1) is 25.0. The van der Waals surface area contributed by atoms with Gasteiger partial charge in [0.1, 0.15) is 11.6 Å². The van der Waals surface area contributed by atoms with Crippen LogP contribution in [0, 0.1) is 24.4 Å². The molecule has 0 bridgehead atoms. The zero-order valence-corrected chi connectivity index (χ0v) is 19.7. The highest BCUT2D eigenvalue weighted by atomic mass is 19.1. The minimum Gasteiger partial charge on any atom is -0.494 e. The van der Waals surface area contributed by atoms with E-state index in [-0.39, 0.29) is 34.7 Å². The summed E-state index contributed by atoms with van der Waals surface area (Å²) in [5, 5.41) is 0. The topological polar surface area (TPSA) is 79.2 Å². The van der Waals surface area contributed by atoms with Crippen LogP contribution in [0.25, 0.3) is 11.1 Å². The van der Waals surface area contributed by atoms with Crippen LogP contribution in [-0.4, -0.2) is 16.2 Å². The molecule has 0 aliphatic rings. The lowest BCUT2D eigenvalue weighted by Gasteiger charge is -2.20. The Morgan fingerprint density at radius 2 is 1.53 bits per heavy atom. The standard InChI is InChI=1S/C27H24F3N3O3/c1-16-24(18-10-6-13-23(36-2)25(18)30)26(34)33(15-22(31)17-8-4-3-5-9-17)27(35)32(16)14-19-20(28)11-7-12-21(19)29/h3-13,22H,14-15,31H2,1-2H3. The summed E-state index contributed by atoms with van der Waals surface area (Å²) < 4.78 is 51.2. The Hall–Kier alpha value is -4.11. The Morgan fingerprint density at radius 3 is 2.17 bits per heavy atom. The van der Waals surface area contributed by atoms with Gasteiger partial charge in [0.2, 0.25) is 0 Å². The van der Waals surface area contributed by atoms with Crippen LogP contribution in [-0.2, 0) is 13.1 Å². The molecule has 0 aliphatic carbocycles. The lowest BCUT2D eigenvalue weighted by atomic mass is 10.0. The van der Waals surface area contributed by atoms with Gasteiger partial charge in [-0.15, -0.1) is 0 Å². The molecule has 1 heterocycles. The van der Waals surface area contributed by atoms with Gasteiger partial charge >= 0.3 is 5.69 Å². The van der Waals surface area contributed by atoms with E-state index in [0.29, 0.717) is 5.56 Å². The van der Waals surface area contributed by atoms with Crippen LogP contribution in [0.2, 0.25) is 0 Å². The zero-order chi connectivity index (χ0) is 26.0. The van der Waals surface area contributed by atoms with Crippen LogP contribution in [0.1, 0.15) is 22.9 Å². The molecule has 0 spiro atoms. The second-order valence-electron chi connectivity index (χ2n) is 8.28. The minimum absolute atomic E-state index is 0.0457. The average Bonchev–Trinajstić information content (AvgIpc) is 2.87. The van der Waals surface area contributed by atoms with Crippen LogP contribution >= 0.6 is 0 Å². The van der Waals surface area contributed by atoms with Crippen molar-refractivity contribution in [3.63, 3.8) is 0 Å². The number of halogens is 3. The molecule has 4 rings (SSSR count). The number of methoxy groups -OCH3 is 1.